The molecule has 0 aliphatic carbocycles. The maximum absolute atomic E-state index is 15.6. The molecule has 3 amide bonds. The van der Waals surface area contributed by atoms with Crippen molar-refractivity contribution in [3.63, 3.8) is 0 Å². The van der Waals surface area contributed by atoms with Gasteiger partial charge in [0.05, 0.1) is 6.54 Å². The molecule has 2 saturated heterocycles. The second-order valence-electron chi connectivity index (χ2n) is 9.70. The van der Waals surface area contributed by atoms with Gasteiger partial charge in [-0.05, 0) is 64.3 Å². The van der Waals surface area contributed by atoms with Gasteiger partial charge < -0.3 is 4.74 Å². The van der Waals surface area contributed by atoms with E-state index < -0.39 is 11.6 Å². The molecule has 3 heterocycles. The normalized spacial score (nSPS) is 18.6. The number of esters is 1. The van der Waals surface area contributed by atoms with Crippen LogP contribution in [0.4, 0.5) is 15.0 Å². The summed E-state index contributed by atoms with van der Waals surface area (Å²) >= 11 is 0. The number of aromatic nitrogens is 2. The number of imide groups is 1. The number of ether oxygens (including phenoxy) is 1. The van der Waals surface area contributed by atoms with E-state index in [9.17, 15) is 14.4 Å². The highest BCUT2D eigenvalue weighted by Crippen LogP contribution is 2.36. The number of amides is 3. The monoisotopic (exact) mass is 459 g/mol. The first-order chi connectivity index (χ1) is 15.5. The number of halogens is 1. The Morgan fingerprint density at radius 1 is 1.21 bits per heavy atom. The molecule has 0 unspecified atom stereocenters. The van der Waals surface area contributed by atoms with Crippen LogP contribution in [0.5, 0.6) is 0 Å². The van der Waals surface area contributed by atoms with Gasteiger partial charge in [0.15, 0.2) is 11.6 Å². The van der Waals surface area contributed by atoms with Crippen molar-refractivity contribution in [1.82, 2.24) is 20.0 Å². The molecule has 2 aliphatic rings. The minimum Gasteiger partial charge on any atom is -0.459 e. The standard InChI is InChI=1S/C23H30FN5O4/c1-23(2,3)33-18(31)13-28-10-7-14(8-11-28)15-5-6-16-20(19(15)24)27(4)26-21(16)29-12-9-17(30)25-22(29)32/h5-6,14H,7-13H2,1-4H3,(H,25,30,32). The van der Waals surface area contributed by atoms with Gasteiger partial charge in [-0.1, -0.05) is 6.07 Å². The fourth-order valence-corrected chi connectivity index (χ4v) is 4.56. The molecule has 1 N–H and O–H groups in total. The van der Waals surface area contributed by atoms with E-state index >= 15 is 4.39 Å². The van der Waals surface area contributed by atoms with Gasteiger partial charge in [-0.3, -0.25) is 29.4 Å². The average molecular weight is 460 g/mol. The summed E-state index contributed by atoms with van der Waals surface area (Å²) < 4.78 is 22.5. The molecule has 0 radical (unpaired) electrons. The number of piperidine rings is 1. The van der Waals surface area contributed by atoms with Crippen molar-refractivity contribution in [1.29, 1.82) is 0 Å². The van der Waals surface area contributed by atoms with Crippen molar-refractivity contribution in [2.75, 3.05) is 31.1 Å². The predicted octanol–water partition coefficient (Wildman–Crippen LogP) is 2.68. The molecule has 0 spiro atoms. The van der Waals surface area contributed by atoms with E-state index in [1.807, 2.05) is 25.7 Å². The third-order valence-corrected chi connectivity index (χ3v) is 6.07. The second-order valence-corrected chi connectivity index (χ2v) is 9.70. The number of urea groups is 1. The summed E-state index contributed by atoms with van der Waals surface area (Å²) in [6.45, 7) is 7.33. The van der Waals surface area contributed by atoms with Crippen LogP contribution in [0.2, 0.25) is 0 Å². The van der Waals surface area contributed by atoms with E-state index in [4.69, 9.17) is 4.74 Å². The van der Waals surface area contributed by atoms with E-state index in [0.717, 1.165) is 12.8 Å². The van der Waals surface area contributed by atoms with Crippen LogP contribution in [0, 0.1) is 5.82 Å². The minimum atomic E-state index is -0.548. The van der Waals surface area contributed by atoms with Crippen LogP contribution in [-0.4, -0.2) is 64.4 Å². The van der Waals surface area contributed by atoms with Crippen LogP contribution in [0.15, 0.2) is 12.1 Å². The van der Waals surface area contributed by atoms with Gasteiger partial charge in [-0.15, -0.1) is 0 Å². The molecule has 10 heteroatoms. The maximum Gasteiger partial charge on any atom is 0.329 e. The van der Waals surface area contributed by atoms with Crippen LogP contribution < -0.4 is 10.2 Å². The highest BCUT2D eigenvalue weighted by Gasteiger charge is 2.31. The summed E-state index contributed by atoms with van der Waals surface area (Å²) in [6, 6.07) is 3.02. The Labute approximate surface area is 191 Å². The number of hydrogen-bond acceptors (Lipinski definition) is 6. The molecule has 9 nitrogen and oxygen atoms in total. The third-order valence-electron chi connectivity index (χ3n) is 6.07. The molecule has 0 saturated carbocycles. The summed E-state index contributed by atoms with van der Waals surface area (Å²) in [6.07, 6.45) is 1.63. The molecular weight excluding hydrogens is 429 g/mol. The molecule has 178 valence electrons. The maximum atomic E-state index is 15.6. The number of aryl methyl sites for hydroxylation is 1. The van der Waals surface area contributed by atoms with E-state index in [1.54, 1.807) is 19.2 Å². The fraction of sp³-hybridized carbons (Fsp3) is 0.565. The Morgan fingerprint density at radius 2 is 1.91 bits per heavy atom. The Hall–Kier alpha value is -3.01. The molecule has 2 aromatic rings. The molecule has 2 fully saturated rings. The number of carbonyl (C=O) groups excluding carboxylic acids is 3. The predicted molar refractivity (Wildman–Crippen MR) is 120 cm³/mol. The molecule has 1 aromatic carbocycles. The zero-order valence-corrected chi connectivity index (χ0v) is 19.5. The van der Waals surface area contributed by atoms with Crippen LogP contribution >= 0.6 is 0 Å². The van der Waals surface area contributed by atoms with Gasteiger partial charge in [0.2, 0.25) is 5.91 Å². The smallest absolute Gasteiger partial charge is 0.329 e. The number of carbonyl (C=O) groups is 3. The zero-order chi connectivity index (χ0) is 23.9. The summed E-state index contributed by atoms with van der Waals surface area (Å²) in [5, 5.41) is 7.19. The Morgan fingerprint density at radius 3 is 2.55 bits per heavy atom. The van der Waals surface area contributed by atoms with Gasteiger partial charge in [-0.2, -0.15) is 5.10 Å². The summed E-state index contributed by atoms with van der Waals surface area (Å²) in [5.74, 6) is -0.552. The number of nitrogens with one attached hydrogen (secondary N) is 1. The summed E-state index contributed by atoms with van der Waals surface area (Å²) in [5.41, 5.74) is 0.441. The highest BCUT2D eigenvalue weighted by molar-refractivity contribution is 6.08. The van der Waals surface area contributed by atoms with Crippen molar-refractivity contribution < 1.29 is 23.5 Å². The number of rotatable bonds is 4. The van der Waals surface area contributed by atoms with Crippen LogP contribution in [0.1, 0.15) is 51.5 Å². The van der Waals surface area contributed by atoms with Crippen molar-refractivity contribution in [2.45, 2.75) is 51.6 Å². The SMILES string of the molecule is Cn1nc(N2CCC(=O)NC2=O)c2ccc(C3CCN(CC(=O)OC(C)(C)C)CC3)c(F)c21. The lowest BCUT2D eigenvalue weighted by Gasteiger charge is -2.32. The van der Waals surface area contributed by atoms with Gasteiger partial charge in [0, 0.05) is 25.4 Å². The van der Waals surface area contributed by atoms with Gasteiger partial charge in [-0.25, -0.2) is 9.18 Å². The van der Waals surface area contributed by atoms with Crippen molar-refractivity contribution in [3.8, 4) is 0 Å². The molecule has 0 bridgehead atoms. The minimum absolute atomic E-state index is 0.0264. The number of likely N-dealkylation sites (tertiary alicyclic amines) is 1. The molecular formula is C23H30FN5O4. The first-order valence-corrected chi connectivity index (χ1v) is 11.2. The third kappa shape index (κ3) is 4.85. The molecule has 0 atom stereocenters. The second kappa shape index (κ2) is 8.74. The zero-order valence-electron chi connectivity index (χ0n) is 19.5. The van der Waals surface area contributed by atoms with Gasteiger partial charge >= 0.3 is 12.0 Å². The number of hydrogen-bond donors (Lipinski definition) is 1. The highest BCUT2D eigenvalue weighted by atomic mass is 19.1. The average Bonchev–Trinajstić information content (AvgIpc) is 3.04. The molecule has 33 heavy (non-hydrogen) atoms. The van der Waals surface area contributed by atoms with Crippen LogP contribution in [0.3, 0.4) is 0 Å². The van der Waals surface area contributed by atoms with Gasteiger partial charge in [0.25, 0.3) is 0 Å². The summed E-state index contributed by atoms with van der Waals surface area (Å²) in [7, 11) is 1.65. The number of anilines is 1. The van der Waals surface area contributed by atoms with E-state index in [2.05, 4.69) is 10.4 Å². The van der Waals surface area contributed by atoms with Crippen molar-refractivity contribution >= 4 is 34.6 Å². The van der Waals surface area contributed by atoms with Crippen LogP contribution in [0.25, 0.3) is 10.9 Å². The number of benzene rings is 1. The number of fused-ring (bicyclic) bond motifs is 1. The van der Waals surface area contributed by atoms with Crippen molar-refractivity contribution in [2.24, 2.45) is 7.05 Å². The molecule has 4 rings (SSSR count). The summed E-state index contributed by atoms with van der Waals surface area (Å²) in [4.78, 5) is 39.2. The topological polar surface area (TPSA) is 96.8 Å². The Balaban J connectivity index is 1.49. The number of nitrogens with zero attached hydrogens (tertiary/aromatic N) is 4. The fourth-order valence-electron chi connectivity index (χ4n) is 4.56. The lowest BCUT2D eigenvalue weighted by Crippen LogP contribution is -2.49. The van der Waals surface area contributed by atoms with Crippen LogP contribution in [-0.2, 0) is 21.4 Å². The van der Waals surface area contributed by atoms with Crippen molar-refractivity contribution in [3.05, 3.63) is 23.5 Å². The van der Waals surface area contributed by atoms with Gasteiger partial charge in [0.1, 0.15) is 11.1 Å². The largest absolute Gasteiger partial charge is 0.459 e. The first-order valence-electron chi connectivity index (χ1n) is 11.2. The first kappa shape index (κ1) is 23.2. The van der Waals surface area contributed by atoms with E-state index in [1.165, 1.54) is 9.58 Å². The lowest BCUT2D eigenvalue weighted by atomic mass is 9.88. The van der Waals surface area contributed by atoms with E-state index in [-0.39, 0.29) is 43.1 Å². The molecule has 1 aromatic heterocycles. The lowest BCUT2D eigenvalue weighted by molar-refractivity contribution is -0.156. The molecule has 2 aliphatic heterocycles. The quantitative estimate of drug-likeness (QED) is 0.707. The Bertz CT molecular complexity index is 1100. The Kier molecular flexibility index (Phi) is 6.13. The van der Waals surface area contributed by atoms with E-state index in [0.29, 0.717) is 35.4 Å².